The van der Waals surface area contributed by atoms with Gasteiger partial charge in [0.15, 0.2) is 0 Å². The summed E-state index contributed by atoms with van der Waals surface area (Å²) in [7, 11) is -4.10. The van der Waals surface area contributed by atoms with E-state index in [9.17, 15) is 21.6 Å². The fourth-order valence-corrected chi connectivity index (χ4v) is 4.22. The second-order valence-corrected chi connectivity index (χ2v) is 6.96. The molecule has 1 aliphatic heterocycles. The van der Waals surface area contributed by atoms with E-state index in [0.717, 1.165) is 12.1 Å². The van der Waals surface area contributed by atoms with E-state index in [2.05, 4.69) is 5.32 Å². The molecule has 0 saturated carbocycles. The molecule has 2 aromatic rings. The van der Waals surface area contributed by atoms with Gasteiger partial charge in [0.25, 0.3) is 0 Å². The molecule has 2 aromatic carbocycles. The van der Waals surface area contributed by atoms with Gasteiger partial charge in [-0.1, -0.05) is 30.4 Å². The molecule has 0 radical (unpaired) electrons. The predicted octanol–water partition coefficient (Wildman–Crippen LogP) is 3.64. The Labute approximate surface area is 129 Å². The zero-order valence-electron chi connectivity index (χ0n) is 10.8. The second-order valence-electron chi connectivity index (χ2n) is 4.66. The zero-order valence-corrected chi connectivity index (χ0v) is 12.4. The molecule has 0 aliphatic carbocycles. The number of hydrogen-bond donors (Lipinski definition) is 1. The summed E-state index contributed by atoms with van der Waals surface area (Å²) in [5, 5.41) is 2.76. The van der Waals surface area contributed by atoms with Crippen LogP contribution < -0.4 is 5.32 Å². The molecule has 8 heteroatoms. The van der Waals surface area contributed by atoms with Gasteiger partial charge in [-0.3, -0.25) is 0 Å². The van der Waals surface area contributed by atoms with E-state index in [1.807, 2.05) is 0 Å². The van der Waals surface area contributed by atoms with Crippen LogP contribution in [0.1, 0.15) is 11.1 Å². The number of benzene rings is 2. The predicted molar refractivity (Wildman–Crippen MR) is 78.7 cm³/mol. The van der Waals surface area contributed by atoms with Crippen LogP contribution in [-0.2, 0) is 16.0 Å². The SMILES string of the molecule is O=S1(=O)c2ccccc2NC(=S)c2ccc(C(F)(F)F)cc21. The van der Waals surface area contributed by atoms with Crippen LogP contribution >= 0.6 is 12.2 Å². The Hall–Kier alpha value is -1.93. The monoisotopic (exact) mass is 343 g/mol. The van der Waals surface area contributed by atoms with Crippen LogP contribution in [0.5, 0.6) is 0 Å². The number of rotatable bonds is 0. The minimum atomic E-state index is -4.63. The van der Waals surface area contributed by atoms with Crippen LogP contribution in [-0.4, -0.2) is 13.4 Å². The van der Waals surface area contributed by atoms with E-state index in [0.29, 0.717) is 6.07 Å². The average molecular weight is 343 g/mol. The summed E-state index contributed by atoms with van der Waals surface area (Å²) >= 11 is 5.11. The lowest BCUT2D eigenvalue weighted by atomic mass is 10.1. The maximum atomic E-state index is 12.9. The van der Waals surface area contributed by atoms with Crippen molar-refractivity contribution < 1.29 is 21.6 Å². The highest BCUT2D eigenvalue weighted by atomic mass is 32.2. The minimum Gasteiger partial charge on any atom is -0.345 e. The summed E-state index contributed by atoms with van der Waals surface area (Å²) in [6, 6.07) is 8.47. The number of sulfone groups is 1. The van der Waals surface area contributed by atoms with Crippen molar-refractivity contribution in [2.75, 3.05) is 5.32 Å². The first kappa shape index (κ1) is 15.0. The number of hydrogen-bond acceptors (Lipinski definition) is 3. The standard InChI is InChI=1S/C14H8F3NO2S2/c15-14(16,17)8-5-6-9-12(7-8)22(19,20)11-4-2-1-3-10(11)18-13(9)21/h1-7H,(H,18,21). The minimum absolute atomic E-state index is 0.0548. The maximum Gasteiger partial charge on any atom is 0.416 e. The van der Waals surface area contributed by atoms with E-state index in [1.54, 1.807) is 6.07 Å². The number of nitrogens with one attached hydrogen (secondary N) is 1. The van der Waals surface area contributed by atoms with Gasteiger partial charge in [-0.05, 0) is 24.3 Å². The van der Waals surface area contributed by atoms with Gasteiger partial charge in [-0.15, -0.1) is 0 Å². The van der Waals surface area contributed by atoms with Gasteiger partial charge >= 0.3 is 6.18 Å². The molecule has 22 heavy (non-hydrogen) atoms. The molecule has 0 bridgehead atoms. The van der Waals surface area contributed by atoms with Crippen LogP contribution in [0.25, 0.3) is 0 Å². The van der Waals surface area contributed by atoms with Crippen LogP contribution in [0.3, 0.4) is 0 Å². The smallest absolute Gasteiger partial charge is 0.345 e. The van der Waals surface area contributed by atoms with Gasteiger partial charge in [0, 0.05) is 5.56 Å². The van der Waals surface area contributed by atoms with Crippen molar-refractivity contribution in [1.82, 2.24) is 0 Å². The normalized spacial score (nSPS) is 16.2. The molecule has 0 spiro atoms. The molecule has 0 fully saturated rings. The third kappa shape index (κ3) is 2.28. The molecule has 114 valence electrons. The lowest BCUT2D eigenvalue weighted by molar-refractivity contribution is -0.137. The molecule has 0 amide bonds. The van der Waals surface area contributed by atoms with Gasteiger partial charge in [0.2, 0.25) is 9.84 Å². The van der Waals surface area contributed by atoms with E-state index >= 15 is 0 Å². The quantitative estimate of drug-likeness (QED) is 0.742. The van der Waals surface area contributed by atoms with Gasteiger partial charge < -0.3 is 5.32 Å². The molecule has 0 saturated heterocycles. The largest absolute Gasteiger partial charge is 0.416 e. The third-order valence-electron chi connectivity index (χ3n) is 3.27. The van der Waals surface area contributed by atoms with E-state index in [4.69, 9.17) is 12.2 Å². The van der Waals surface area contributed by atoms with Crippen LogP contribution in [0, 0.1) is 0 Å². The van der Waals surface area contributed by atoms with Crippen molar-refractivity contribution >= 4 is 32.7 Å². The van der Waals surface area contributed by atoms with Gasteiger partial charge in [-0.25, -0.2) is 8.42 Å². The molecule has 1 aliphatic rings. The first-order valence-electron chi connectivity index (χ1n) is 6.08. The molecular weight excluding hydrogens is 335 g/mol. The molecule has 0 atom stereocenters. The lowest BCUT2D eigenvalue weighted by Crippen LogP contribution is -2.13. The van der Waals surface area contributed by atoms with Crippen molar-refractivity contribution in [2.24, 2.45) is 0 Å². The highest BCUT2D eigenvalue weighted by Gasteiger charge is 2.35. The summed E-state index contributed by atoms with van der Waals surface area (Å²) in [6.07, 6.45) is -4.63. The Morgan fingerprint density at radius 2 is 1.68 bits per heavy atom. The van der Waals surface area contributed by atoms with Gasteiger partial charge in [0.1, 0.15) is 4.99 Å². The summed E-state index contributed by atoms with van der Waals surface area (Å²) < 4.78 is 63.9. The fraction of sp³-hybridized carbons (Fsp3) is 0.0714. The molecule has 0 aromatic heterocycles. The number of alkyl halides is 3. The molecule has 1 heterocycles. The molecule has 3 nitrogen and oxygen atoms in total. The number of anilines is 1. The number of thiocarbonyl (C=S) groups is 1. The number of halogens is 3. The fourth-order valence-electron chi connectivity index (χ4n) is 2.22. The van der Waals surface area contributed by atoms with Gasteiger partial charge in [0.05, 0.1) is 21.0 Å². The lowest BCUT2D eigenvalue weighted by Gasteiger charge is -2.11. The first-order valence-corrected chi connectivity index (χ1v) is 7.97. The summed E-state index contributed by atoms with van der Waals surface area (Å²) in [5.41, 5.74) is -0.728. The maximum absolute atomic E-state index is 12.9. The third-order valence-corrected chi connectivity index (χ3v) is 5.44. The Balaban J connectivity index is 2.35. The number of para-hydroxylation sites is 1. The molecule has 1 N–H and O–H groups in total. The van der Waals surface area contributed by atoms with Crippen LogP contribution in [0.15, 0.2) is 52.3 Å². The highest BCUT2D eigenvalue weighted by Crippen LogP contribution is 2.37. The first-order chi connectivity index (χ1) is 10.2. The number of fused-ring (bicyclic) bond motifs is 2. The molecule has 3 rings (SSSR count). The second kappa shape index (κ2) is 4.79. The van der Waals surface area contributed by atoms with Crippen molar-refractivity contribution in [2.45, 2.75) is 16.0 Å². The van der Waals surface area contributed by atoms with Crippen LogP contribution in [0.4, 0.5) is 18.9 Å². The Morgan fingerprint density at radius 3 is 2.36 bits per heavy atom. The highest BCUT2D eigenvalue weighted by molar-refractivity contribution is 7.92. The van der Waals surface area contributed by atoms with Crippen molar-refractivity contribution in [3.05, 3.63) is 53.6 Å². The van der Waals surface area contributed by atoms with Crippen LogP contribution in [0.2, 0.25) is 0 Å². The Kier molecular flexibility index (Phi) is 3.26. The van der Waals surface area contributed by atoms with E-state index in [-0.39, 0.29) is 21.1 Å². The molecule has 0 unspecified atom stereocenters. The zero-order chi connectivity index (χ0) is 16.1. The van der Waals surface area contributed by atoms with E-state index in [1.165, 1.54) is 18.2 Å². The van der Waals surface area contributed by atoms with Crippen molar-refractivity contribution in [3.63, 3.8) is 0 Å². The summed E-state index contributed by atoms with van der Waals surface area (Å²) in [5.74, 6) is 0. The Morgan fingerprint density at radius 1 is 1.00 bits per heavy atom. The van der Waals surface area contributed by atoms with E-state index < -0.39 is 26.5 Å². The summed E-state index contributed by atoms with van der Waals surface area (Å²) in [4.78, 5) is -0.475. The average Bonchev–Trinajstić information content (AvgIpc) is 2.53. The van der Waals surface area contributed by atoms with Gasteiger partial charge in [-0.2, -0.15) is 13.2 Å². The Bertz CT molecular complexity index is 889. The van der Waals surface area contributed by atoms with Crippen molar-refractivity contribution in [1.29, 1.82) is 0 Å². The molecular formula is C14H8F3NO2S2. The summed E-state index contributed by atoms with van der Waals surface area (Å²) in [6.45, 7) is 0. The van der Waals surface area contributed by atoms with Crippen molar-refractivity contribution in [3.8, 4) is 0 Å². The topological polar surface area (TPSA) is 46.2 Å².